The van der Waals surface area contributed by atoms with Crippen molar-refractivity contribution < 1.29 is 4.79 Å². The van der Waals surface area contributed by atoms with E-state index >= 15 is 0 Å². The summed E-state index contributed by atoms with van der Waals surface area (Å²) in [6, 6.07) is 11.6. The summed E-state index contributed by atoms with van der Waals surface area (Å²) < 4.78 is 2.03. The van der Waals surface area contributed by atoms with Crippen LogP contribution >= 0.6 is 23.1 Å². The minimum Gasteiger partial charge on any atom is -0.316 e. The molecule has 0 unspecified atom stereocenters. The fourth-order valence-corrected chi connectivity index (χ4v) is 3.83. The zero-order valence-electron chi connectivity index (χ0n) is 12.7. The number of nitrogens with one attached hydrogen (secondary N) is 1. The SMILES string of the molecule is C=CCn1c(SCC(=O)Nc2sccc2C#N)nc2ccccc21. The van der Waals surface area contributed by atoms with Gasteiger partial charge in [-0.3, -0.25) is 4.79 Å². The Balaban J connectivity index is 1.73. The number of imidazole rings is 1. The summed E-state index contributed by atoms with van der Waals surface area (Å²) in [5, 5.41) is 14.9. The van der Waals surface area contributed by atoms with Gasteiger partial charge in [-0.2, -0.15) is 5.26 Å². The van der Waals surface area contributed by atoms with Crippen LogP contribution in [0, 0.1) is 11.3 Å². The average molecular weight is 354 g/mol. The number of hydrogen-bond donors (Lipinski definition) is 1. The first-order chi connectivity index (χ1) is 11.7. The minimum atomic E-state index is -0.156. The third kappa shape index (κ3) is 3.35. The summed E-state index contributed by atoms with van der Waals surface area (Å²) in [6.45, 7) is 4.41. The summed E-state index contributed by atoms with van der Waals surface area (Å²) in [5.41, 5.74) is 2.40. The van der Waals surface area contributed by atoms with Crippen LogP contribution in [0.3, 0.4) is 0 Å². The maximum absolute atomic E-state index is 12.1. The highest BCUT2D eigenvalue weighted by atomic mass is 32.2. The Bertz CT molecular complexity index is 936. The molecule has 0 aliphatic carbocycles. The number of carbonyl (C=O) groups is 1. The minimum absolute atomic E-state index is 0.156. The van der Waals surface area contributed by atoms with Gasteiger partial charge in [0, 0.05) is 6.54 Å². The van der Waals surface area contributed by atoms with Gasteiger partial charge in [0.25, 0.3) is 0 Å². The number of fused-ring (bicyclic) bond motifs is 1. The first-order valence-electron chi connectivity index (χ1n) is 7.19. The summed E-state index contributed by atoms with van der Waals surface area (Å²) in [5.74, 6) is 0.0691. The van der Waals surface area contributed by atoms with Crippen molar-refractivity contribution in [2.75, 3.05) is 11.1 Å². The molecule has 0 fully saturated rings. The van der Waals surface area contributed by atoms with Crippen LogP contribution in [0.15, 0.2) is 53.5 Å². The number of thioether (sulfide) groups is 1. The molecule has 1 aromatic carbocycles. The second-order valence-corrected chi connectivity index (χ2v) is 6.75. The predicted octanol–water partition coefficient (Wildman–Crippen LogP) is 3.89. The highest BCUT2D eigenvalue weighted by molar-refractivity contribution is 7.99. The van der Waals surface area contributed by atoms with E-state index in [1.165, 1.54) is 23.1 Å². The van der Waals surface area contributed by atoms with E-state index in [1.54, 1.807) is 11.4 Å². The number of nitrogens with zero attached hydrogens (tertiary/aromatic N) is 3. The number of thiophene rings is 1. The standard InChI is InChI=1S/C17H14N4OS2/c1-2-8-21-14-6-4-3-5-13(14)19-17(21)24-11-15(22)20-16-12(10-18)7-9-23-16/h2-7,9H,1,8,11H2,(H,20,22). The molecule has 0 atom stereocenters. The molecule has 1 amide bonds. The van der Waals surface area contributed by atoms with E-state index < -0.39 is 0 Å². The lowest BCUT2D eigenvalue weighted by molar-refractivity contribution is -0.113. The molecular weight excluding hydrogens is 340 g/mol. The van der Waals surface area contributed by atoms with E-state index in [9.17, 15) is 4.79 Å². The van der Waals surface area contributed by atoms with Crippen LogP contribution < -0.4 is 5.32 Å². The van der Waals surface area contributed by atoms with E-state index in [2.05, 4.69) is 22.9 Å². The van der Waals surface area contributed by atoms with Crippen LogP contribution in [0.1, 0.15) is 5.56 Å². The van der Waals surface area contributed by atoms with Crippen LogP contribution in [0.25, 0.3) is 11.0 Å². The smallest absolute Gasteiger partial charge is 0.235 e. The lowest BCUT2D eigenvalue weighted by Crippen LogP contribution is -2.14. The maximum atomic E-state index is 12.1. The van der Waals surface area contributed by atoms with Gasteiger partial charge in [-0.05, 0) is 23.6 Å². The summed E-state index contributed by atoms with van der Waals surface area (Å²) >= 11 is 2.71. The van der Waals surface area contributed by atoms with Gasteiger partial charge in [0.1, 0.15) is 11.1 Å². The van der Waals surface area contributed by atoms with Gasteiger partial charge in [0.05, 0.1) is 22.3 Å². The molecule has 7 heteroatoms. The van der Waals surface area contributed by atoms with Crippen molar-refractivity contribution >= 4 is 45.0 Å². The molecule has 0 radical (unpaired) electrons. The Labute approximate surface area is 147 Å². The molecule has 0 aliphatic heterocycles. The van der Waals surface area contributed by atoms with Gasteiger partial charge in [-0.15, -0.1) is 17.9 Å². The number of anilines is 1. The summed E-state index contributed by atoms with van der Waals surface area (Å²) in [7, 11) is 0. The van der Waals surface area contributed by atoms with E-state index in [-0.39, 0.29) is 11.7 Å². The number of amides is 1. The number of benzene rings is 1. The zero-order valence-corrected chi connectivity index (χ0v) is 14.4. The molecule has 1 N–H and O–H groups in total. The van der Waals surface area contributed by atoms with Crippen molar-refractivity contribution in [1.82, 2.24) is 9.55 Å². The van der Waals surface area contributed by atoms with Crippen molar-refractivity contribution in [3.63, 3.8) is 0 Å². The highest BCUT2D eigenvalue weighted by Gasteiger charge is 2.13. The summed E-state index contributed by atoms with van der Waals surface area (Å²) in [6.07, 6.45) is 1.81. The first kappa shape index (κ1) is 16.3. The molecule has 3 aromatic rings. The number of allylic oxidation sites excluding steroid dienone is 1. The van der Waals surface area contributed by atoms with Crippen molar-refractivity contribution in [3.8, 4) is 6.07 Å². The number of rotatable bonds is 6. The van der Waals surface area contributed by atoms with Crippen LogP contribution in [0.2, 0.25) is 0 Å². The second kappa shape index (κ2) is 7.34. The Kier molecular flexibility index (Phi) is 4.99. The molecule has 0 aliphatic rings. The van der Waals surface area contributed by atoms with Crippen LogP contribution in [-0.4, -0.2) is 21.2 Å². The van der Waals surface area contributed by atoms with E-state index in [0.29, 0.717) is 17.1 Å². The largest absolute Gasteiger partial charge is 0.316 e. The molecule has 120 valence electrons. The number of aromatic nitrogens is 2. The molecule has 24 heavy (non-hydrogen) atoms. The molecule has 0 spiro atoms. The molecule has 5 nitrogen and oxygen atoms in total. The monoisotopic (exact) mass is 354 g/mol. The van der Waals surface area contributed by atoms with E-state index in [4.69, 9.17) is 5.26 Å². The molecule has 3 rings (SSSR count). The third-order valence-electron chi connectivity index (χ3n) is 3.30. The normalized spacial score (nSPS) is 10.5. The number of hydrogen-bond acceptors (Lipinski definition) is 5. The van der Waals surface area contributed by atoms with Crippen LogP contribution in [-0.2, 0) is 11.3 Å². The number of carbonyl (C=O) groups excluding carboxylic acids is 1. The van der Waals surface area contributed by atoms with Crippen molar-refractivity contribution in [2.45, 2.75) is 11.7 Å². The highest BCUT2D eigenvalue weighted by Crippen LogP contribution is 2.26. The topological polar surface area (TPSA) is 70.7 Å². The Morgan fingerprint density at radius 3 is 3.08 bits per heavy atom. The van der Waals surface area contributed by atoms with Gasteiger partial charge in [0.15, 0.2) is 5.16 Å². The fraction of sp³-hybridized carbons (Fsp3) is 0.118. The van der Waals surface area contributed by atoms with E-state index in [0.717, 1.165) is 16.2 Å². The zero-order chi connectivity index (χ0) is 16.9. The molecule has 0 saturated carbocycles. The molecule has 0 bridgehead atoms. The number of para-hydroxylation sites is 2. The van der Waals surface area contributed by atoms with Crippen molar-refractivity contribution in [3.05, 3.63) is 53.9 Å². The molecule has 2 heterocycles. The van der Waals surface area contributed by atoms with Crippen molar-refractivity contribution in [1.29, 1.82) is 5.26 Å². The Morgan fingerprint density at radius 2 is 2.29 bits per heavy atom. The first-order valence-corrected chi connectivity index (χ1v) is 9.06. The average Bonchev–Trinajstić information content (AvgIpc) is 3.18. The predicted molar refractivity (Wildman–Crippen MR) is 98.3 cm³/mol. The number of nitriles is 1. The quantitative estimate of drug-likeness (QED) is 0.538. The lowest BCUT2D eigenvalue weighted by Gasteiger charge is -2.06. The molecule has 2 aromatic heterocycles. The Hall–Kier alpha value is -2.56. The van der Waals surface area contributed by atoms with Crippen LogP contribution in [0.5, 0.6) is 0 Å². The molecular formula is C17H14N4OS2. The molecule has 0 saturated heterocycles. The second-order valence-electron chi connectivity index (χ2n) is 4.89. The summed E-state index contributed by atoms with van der Waals surface area (Å²) in [4.78, 5) is 16.7. The van der Waals surface area contributed by atoms with Gasteiger partial charge in [0.2, 0.25) is 5.91 Å². The van der Waals surface area contributed by atoms with Gasteiger partial charge >= 0.3 is 0 Å². The third-order valence-corrected chi connectivity index (χ3v) is 5.11. The van der Waals surface area contributed by atoms with Gasteiger partial charge < -0.3 is 9.88 Å². The van der Waals surface area contributed by atoms with Crippen molar-refractivity contribution in [2.24, 2.45) is 0 Å². The maximum Gasteiger partial charge on any atom is 0.235 e. The van der Waals surface area contributed by atoms with Crippen LogP contribution in [0.4, 0.5) is 5.00 Å². The van der Waals surface area contributed by atoms with Gasteiger partial charge in [-0.1, -0.05) is 30.0 Å². The van der Waals surface area contributed by atoms with Gasteiger partial charge in [-0.25, -0.2) is 4.98 Å². The Morgan fingerprint density at radius 1 is 1.46 bits per heavy atom. The lowest BCUT2D eigenvalue weighted by atomic mass is 10.3. The van der Waals surface area contributed by atoms with E-state index in [1.807, 2.05) is 34.9 Å². The fourth-order valence-electron chi connectivity index (χ4n) is 2.26.